The Morgan fingerprint density at radius 2 is 1.73 bits per heavy atom. The topological polar surface area (TPSA) is 80.8 Å². The summed E-state index contributed by atoms with van der Waals surface area (Å²) in [5.74, 6) is 0.426. The van der Waals surface area contributed by atoms with Gasteiger partial charge in [0.15, 0.2) is 9.84 Å². The number of benzene rings is 2. The zero-order chi connectivity index (χ0) is 18.9. The van der Waals surface area contributed by atoms with Crippen molar-refractivity contribution in [1.29, 1.82) is 0 Å². The van der Waals surface area contributed by atoms with E-state index in [9.17, 15) is 16.8 Å². The largest absolute Gasteiger partial charge is 0.497 e. The molecular weight excluding hydrogens is 398 g/mol. The number of hydrogen-bond acceptors (Lipinski definition) is 5. The van der Waals surface area contributed by atoms with Crippen molar-refractivity contribution in [3.05, 3.63) is 53.6 Å². The van der Waals surface area contributed by atoms with Crippen LogP contribution in [0.5, 0.6) is 5.75 Å². The minimum absolute atomic E-state index is 0.0789. The third-order valence-corrected chi connectivity index (χ3v) is 8.67. The molecule has 1 aliphatic rings. The van der Waals surface area contributed by atoms with Crippen LogP contribution in [0, 0.1) is 0 Å². The van der Waals surface area contributed by atoms with Gasteiger partial charge in [0.2, 0.25) is 10.0 Å². The molecule has 2 aromatic carbocycles. The van der Waals surface area contributed by atoms with Crippen LogP contribution in [0.25, 0.3) is 0 Å². The first-order chi connectivity index (χ1) is 12.2. The summed E-state index contributed by atoms with van der Waals surface area (Å²) in [5.41, 5.74) is 0. The Kier molecular flexibility index (Phi) is 5.30. The van der Waals surface area contributed by atoms with E-state index in [0.29, 0.717) is 10.8 Å². The van der Waals surface area contributed by atoms with E-state index in [-0.39, 0.29) is 29.3 Å². The average molecular weight is 416 g/mol. The lowest BCUT2D eigenvalue weighted by atomic mass is 10.3. The molecule has 0 saturated carbocycles. The van der Waals surface area contributed by atoms with Crippen LogP contribution in [0.2, 0.25) is 5.02 Å². The summed E-state index contributed by atoms with van der Waals surface area (Å²) in [6.45, 7) is 0.0710. The lowest BCUT2D eigenvalue weighted by molar-refractivity contribution is 0.412. The van der Waals surface area contributed by atoms with E-state index >= 15 is 0 Å². The van der Waals surface area contributed by atoms with Gasteiger partial charge in [-0.2, -0.15) is 4.31 Å². The molecule has 26 heavy (non-hydrogen) atoms. The molecule has 0 aromatic heterocycles. The van der Waals surface area contributed by atoms with Crippen LogP contribution in [0.1, 0.15) is 6.42 Å². The molecular formula is C17H18ClNO5S2. The number of hydrogen-bond donors (Lipinski definition) is 0. The molecule has 1 aliphatic heterocycles. The highest BCUT2D eigenvalue weighted by molar-refractivity contribution is 7.92. The predicted octanol–water partition coefficient (Wildman–Crippen LogP) is 2.59. The van der Waals surface area contributed by atoms with Crippen LogP contribution < -0.4 is 4.74 Å². The average Bonchev–Trinajstić information content (AvgIpc) is 3.14. The highest BCUT2D eigenvalue weighted by atomic mass is 35.5. The maximum atomic E-state index is 12.8. The highest BCUT2D eigenvalue weighted by Gasteiger charge is 2.39. The normalized spacial score (nSPS) is 18.8. The van der Waals surface area contributed by atoms with E-state index in [1.54, 1.807) is 12.1 Å². The summed E-state index contributed by atoms with van der Waals surface area (Å²) < 4.78 is 57.4. The van der Waals surface area contributed by atoms with E-state index in [4.69, 9.17) is 16.3 Å². The van der Waals surface area contributed by atoms with E-state index in [0.717, 1.165) is 0 Å². The summed E-state index contributed by atoms with van der Waals surface area (Å²) >= 11 is 5.80. The van der Waals surface area contributed by atoms with Crippen LogP contribution in [0.4, 0.5) is 0 Å². The van der Waals surface area contributed by atoms with Gasteiger partial charge in [0.05, 0.1) is 22.2 Å². The molecule has 1 fully saturated rings. The van der Waals surface area contributed by atoms with Crippen LogP contribution in [0.15, 0.2) is 58.3 Å². The van der Waals surface area contributed by atoms with Crippen molar-refractivity contribution in [2.45, 2.75) is 21.5 Å². The van der Waals surface area contributed by atoms with E-state index in [1.807, 2.05) is 0 Å². The summed E-state index contributed by atoms with van der Waals surface area (Å²) in [6, 6.07) is 12.0. The molecule has 1 unspecified atom stereocenters. The number of sulfonamides is 1. The summed E-state index contributed by atoms with van der Waals surface area (Å²) in [4.78, 5) is 0.230. The molecule has 0 bridgehead atoms. The number of ether oxygens (including phenoxy) is 1. The Morgan fingerprint density at radius 1 is 1.04 bits per heavy atom. The van der Waals surface area contributed by atoms with Crippen molar-refractivity contribution < 1.29 is 21.6 Å². The second-order valence-corrected chi connectivity index (χ2v) is 10.6. The maximum absolute atomic E-state index is 12.8. The van der Waals surface area contributed by atoms with Crippen LogP contribution in [-0.4, -0.2) is 46.6 Å². The maximum Gasteiger partial charge on any atom is 0.243 e. The molecule has 3 rings (SSSR count). The van der Waals surface area contributed by atoms with Crippen molar-refractivity contribution in [1.82, 2.24) is 4.31 Å². The fourth-order valence-corrected chi connectivity index (χ4v) is 6.35. The van der Waals surface area contributed by atoms with E-state index in [2.05, 4.69) is 0 Å². The fourth-order valence-electron chi connectivity index (χ4n) is 2.90. The van der Waals surface area contributed by atoms with Gasteiger partial charge in [0.1, 0.15) is 5.75 Å². The number of halogens is 1. The molecule has 1 saturated heterocycles. The Morgan fingerprint density at radius 3 is 2.38 bits per heavy atom. The smallest absolute Gasteiger partial charge is 0.243 e. The van der Waals surface area contributed by atoms with Crippen molar-refractivity contribution >= 4 is 31.5 Å². The van der Waals surface area contributed by atoms with Gasteiger partial charge in [-0.3, -0.25) is 0 Å². The van der Waals surface area contributed by atoms with Gasteiger partial charge < -0.3 is 4.74 Å². The minimum Gasteiger partial charge on any atom is -0.497 e. The molecule has 1 atom stereocenters. The number of sulfone groups is 1. The number of rotatable bonds is 5. The van der Waals surface area contributed by atoms with Crippen molar-refractivity contribution in [3.8, 4) is 5.75 Å². The minimum atomic E-state index is -3.79. The molecule has 9 heteroatoms. The van der Waals surface area contributed by atoms with E-state index in [1.165, 1.54) is 47.8 Å². The molecule has 0 N–H and O–H groups in total. The first kappa shape index (κ1) is 19.2. The highest BCUT2D eigenvalue weighted by Crippen LogP contribution is 2.29. The Labute approximate surface area is 158 Å². The van der Waals surface area contributed by atoms with Gasteiger partial charge in [-0.1, -0.05) is 17.7 Å². The predicted molar refractivity (Wildman–Crippen MR) is 98.8 cm³/mol. The number of methoxy groups -OCH3 is 1. The van der Waals surface area contributed by atoms with Gasteiger partial charge >= 0.3 is 0 Å². The van der Waals surface area contributed by atoms with Gasteiger partial charge in [-0.15, -0.1) is 0 Å². The molecule has 1 heterocycles. The number of nitrogens with zero attached hydrogens (tertiary/aromatic N) is 1. The van der Waals surface area contributed by atoms with Gasteiger partial charge in [0.25, 0.3) is 0 Å². The summed E-state index contributed by atoms with van der Waals surface area (Å²) in [5, 5.41) is -0.346. The standard InChI is InChI=1S/C17H18ClNO5S2/c1-24-14-3-2-4-16(11-14)26(22,23)19-10-9-17(12-19)25(20,21)15-7-5-13(18)6-8-15/h2-8,11,17H,9-10,12H2,1H3. The zero-order valence-electron chi connectivity index (χ0n) is 14.0. The quantitative estimate of drug-likeness (QED) is 0.749. The van der Waals surface area contributed by atoms with Gasteiger partial charge in [-0.05, 0) is 42.8 Å². The van der Waals surface area contributed by atoms with Crippen LogP contribution in [0.3, 0.4) is 0 Å². The van der Waals surface area contributed by atoms with Gasteiger partial charge in [-0.25, -0.2) is 16.8 Å². The summed E-state index contributed by atoms with van der Waals surface area (Å²) in [7, 11) is -5.96. The second kappa shape index (κ2) is 7.19. The Bertz CT molecular complexity index is 1000. The van der Waals surface area contributed by atoms with Crippen LogP contribution in [-0.2, 0) is 19.9 Å². The first-order valence-electron chi connectivity index (χ1n) is 7.89. The van der Waals surface area contributed by atoms with Crippen molar-refractivity contribution in [2.24, 2.45) is 0 Å². The Hall–Kier alpha value is -1.61. The summed E-state index contributed by atoms with van der Waals surface area (Å²) in [6.07, 6.45) is 0.244. The monoisotopic (exact) mass is 415 g/mol. The lowest BCUT2D eigenvalue weighted by Gasteiger charge is -2.17. The van der Waals surface area contributed by atoms with Crippen LogP contribution >= 0.6 is 11.6 Å². The molecule has 0 radical (unpaired) electrons. The molecule has 6 nitrogen and oxygen atoms in total. The third kappa shape index (κ3) is 3.59. The molecule has 0 aliphatic carbocycles. The SMILES string of the molecule is COc1cccc(S(=O)(=O)N2CCC(S(=O)(=O)c3ccc(Cl)cc3)C2)c1. The Balaban J connectivity index is 1.84. The molecule has 140 valence electrons. The third-order valence-electron chi connectivity index (χ3n) is 4.37. The van der Waals surface area contributed by atoms with Crippen molar-refractivity contribution in [2.75, 3.05) is 20.2 Å². The lowest BCUT2D eigenvalue weighted by Crippen LogP contribution is -2.32. The second-order valence-electron chi connectivity index (χ2n) is 5.95. The fraction of sp³-hybridized carbons (Fsp3) is 0.294. The van der Waals surface area contributed by atoms with Gasteiger partial charge in [0, 0.05) is 24.2 Å². The first-order valence-corrected chi connectivity index (χ1v) is 11.3. The molecule has 0 amide bonds. The zero-order valence-corrected chi connectivity index (χ0v) is 16.4. The van der Waals surface area contributed by atoms with Crippen molar-refractivity contribution in [3.63, 3.8) is 0 Å². The van der Waals surface area contributed by atoms with E-state index < -0.39 is 25.1 Å². The molecule has 2 aromatic rings. The molecule has 0 spiro atoms.